The normalized spacial score (nSPS) is 11.8. The van der Waals surface area contributed by atoms with Gasteiger partial charge in [-0.25, -0.2) is 4.79 Å². The zero-order valence-electron chi connectivity index (χ0n) is 7.64. The maximum atomic E-state index is 10.6. The molecule has 0 aromatic heterocycles. The summed E-state index contributed by atoms with van der Waals surface area (Å²) in [5, 5.41) is 0. The number of hydrogen-bond acceptors (Lipinski definition) is 3. The molecule has 1 amide bonds. The highest BCUT2D eigenvalue weighted by molar-refractivity contribution is 5.68. The Morgan fingerprint density at radius 1 is 1.50 bits per heavy atom. The lowest BCUT2D eigenvalue weighted by molar-refractivity contribution is 0.210. The van der Waals surface area contributed by atoms with Crippen LogP contribution in [0.5, 0.6) is 5.75 Å². The molecule has 0 spiro atoms. The first-order valence-corrected chi connectivity index (χ1v) is 4.09. The molecule has 0 aliphatic carbocycles. The van der Waals surface area contributed by atoms with Crippen molar-refractivity contribution in [2.45, 2.75) is 6.04 Å². The van der Waals surface area contributed by atoms with E-state index in [0.29, 0.717) is 11.3 Å². The molecule has 1 rings (SSSR count). The molecule has 0 saturated carbocycles. The first-order chi connectivity index (χ1) is 6.65. The van der Waals surface area contributed by atoms with Crippen molar-refractivity contribution in [1.82, 2.24) is 0 Å². The molecule has 0 fully saturated rings. The highest BCUT2D eigenvalue weighted by atomic mass is 16.5. The number of nitrogens with two attached hydrogens (primary N) is 2. The quantitative estimate of drug-likeness (QED) is 0.709. The molecule has 74 valence electrons. The fourth-order valence-corrected chi connectivity index (χ4v) is 1.08. The summed E-state index contributed by atoms with van der Waals surface area (Å²) in [4.78, 5) is 10.6. The van der Waals surface area contributed by atoms with Crippen LogP contribution in [0.25, 0.3) is 0 Å². The number of ether oxygens (including phenoxy) is 1. The van der Waals surface area contributed by atoms with Crippen LogP contribution in [0.15, 0.2) is 36.9 Å². The third kappa shape index (κ3) is 2.34. The average Bonchev–Trinajstić information content (AvgIpc) is 2.16. The fourth-order valence-electron chi connectivity index (χ4n) is 1.08. The molecule has 1 atom stereocenters. The lowest BCUT2D eigenvalue weighted by Gasteiger charge is -2.11. The van der Waals surface area contributed by atoms with Crippen LogP contribution >= 0.6 is 0 Å². The maximum Gasteiger partial charge on any atom is 0.409 e. The van der Waals surface area contributed by atoms with Gasteiger partial charge in [-0.1, -0.05) is 24.3 Å². The molecule has 0 saturated heterocycles. The standard InChI is InChI=1S/C10H12N2O2/c1-2-8(11)7-5-3-4-6-9(7)14-10(12)13/h2-6,8H,1,11H2,(H2,12,13). The van der Waals surface area contributed by atoms with Crippen molar-refractivity contribution in [2.75, 3.05) is 0 Å². The van der Waals surface area contributed by atoms with Gasteiger partial charge in [0.2, 0.25) is 0 Å². The zero-order chi connectivity index (χ0) is 10.6. The molecule has 0 aliphatic rings. The molecule has 0 heterocycles. The summed E-state index contributed by atoms with van der Waals surface area (Å²) in [6.07, 6.45) is 0.706. The Hall–Kier alpha value is -1.81. The van der Waals surface area contributed by atoms with Crippen LogP contribution in [0.2, 0.25) is 0 Å². The number of rotatable bonds is 3. The van der Waals surface area contributed by atoms with Gasteiger partial charge in [-0.2, -0.15) is 0 Å². The van der Waals surface area contributed by atoms with Crippen LogP contribution in [0.1, 0.15) is 11.6 Å². The van der Waals surface area contributed by atoms with E-state index in [-0.39, 0.29) is 6.04 Å². The van der Waals surface area contributed by atoms with Crippen molar-refractivity contribution in [3.8, 4) is 5.75 Å². The van der Waals surface area contributed by atoms with Crippen molar-refractivity contribution in [1.29, 1.82) is 0 Å². The summed E-state index contributed by atoms with van der Waals surface area (Å²) in [5.74, 6) is 0.368. The number of carbonyl (C=O) groups excluding carboxylic acids is 1. The van der Waals surface area contributed by atoms with E-state index < -0.39 is 6.09 Å². The molecule has 4 N–H and O–H groups in total. The second kappa shape index (κ2) is 4.43. The molecular formula is C10H12N2O2. The Morgan fingerprint density at radius 3 is 2.71 bits per heavy atom. The minimum Gasteiger partial charge on any atom is -0.410 e. The summed E-state index contributed by atoms with van der Waals surface area (Å²) >= 11 is 0. The van der Waals surface area contributed by atoms with Crippen molar-refractivity contribution in [3.63, 3.8) is 0 Å². The van der Waals surface area contributed by atoms with Gasteiger partial charge in [0.25, 0.3) is 0 Å². The lowest BCUT2D eigenvalue weighted by atomic mass is 10.1. The Morgan fingerprint density at radius 2 is 2.14 bits per heavy atom. The Bertz CT molecular complexity index is 350. The van der Waals surface area contributed by atoms with Gasteiger partial charge in [-0.15, -0.1) is 6.58 Å². The second-order valence-electron chi connectivity index (χ2n) is 2.72. The Labute approximate surface area is 82.2 Å². The van der Waals surface area contributed by atoms with Crippen LogP contribution in [-0.4, -0.2) is 6.09 Å². The molecule has 14 heavy (non-hydrogen) atoms. The van der Waals surface area contributed by atoms with E-state index in [1.54, 1.807) is 30.3 Å². The maximum absolute atomic E-state index is 10.6. The first-order valence-electron chi connectivity index (χ1n) is 4.09. The molecule has 4 nitrogen and oxygen atoms in total. The minimum atomic E-state index is -0.853. The summed E-state index contributed by atoms with van der Waals surface area (Å²) in [6, 6.07) is 6.55. The largest absolute Gasteiger partial charge is 0.410 e. The van der Waals surface area contributed by atoms with Crippen molar-refractivity contribution < 1.29 is 9.53 Å². The van der Waals surface area contributed by atoms with Crippen LogP contribution < -0.4 is 16.2 Å². The van der Waals surface area contributed by atoms with Crippen molar-refractivity contribution in [2.24, 2.45) is 11.5 Å². The Kier molecular flexibility index (Phi) is 3.25. The van der Waals surface area contributed by atoms with E-state index in [1.807, 2.05) is 0 Å². The molecule has 4 heteroatoms. The Balaban J connectivity index is 3.02. The van der Waals surface area contributed by atoms with Crippen LogP contribution in [0, 0.1) is 0 Å². The SMILES string of the molecule is C=CC(N)c1ccccc1OC(N)=O. The predicted octanol–water partition coefficient (Wildman–Crippen LogP) is 1.33. The van der Waals surface area contributed by atoms with Gasteiger partial charge in [-0.3, -0.25) is 0 Å². The summed E-state index contributed by atoms with van der Waals surface area (Å²) in [7, 11) is 0. The van der Waals surface area contributed by atoms with E-state index in [0.717, 1.165) is 0 Å². The van der Waals surface area contributed by atoms with Gasteiger partial charge in [-0.05, 0) is 6.07 Å². The highest BCUT2D eigenvalue weighted by Crippen LogP contribution is 2.23. The zero-order valence-corrected chi connectivity index (χ0v) is 7.64. The van der Waals surface area contributed by atoms with Crippen LogP contribution in [-0.2, 0) is 0 Å². The third-order valence-corrected chi connectivity index (χ3v) is 1.74. The monoisotopic (exact) mass is 192 g/mol. The first kappa shape index (κ1) is 10.3. The van der Waals surface area contributed by atoms with Gasteiger partial charge >= 0.3 is 6.09 Å². The van der Waals surface area contributed by atoms with Gasteiger partial charge in [0, 0.05) is 5.56 Å². The van der Waals surface area contributed by atoms with E-state index >= 15 is 0 Å². The fraction of sp³-hybridized carbons (Fsp3) is 0.100. The molecular weight excluding hydrogens is 180 g/mol. The number of amides is 1. The van der Waals surface area contributed by atoms with Gasteiger partial charge in [0.15, 0.2) is 0 Å². The third-order valence-electron chi connectivity index (χ3n) is 1.74. The summed E-state index contributed by atoms with van der Waals surface area (Å²) < 4.78 is 4.78. The van der Waals surface area contributed by atoms with Gasteiger partial charge in [0.1, 0.15) is 5.75 Å². The summed E-state index contributed by atoms with van der Waals surface area (Å²) in [6.45, 7) is 3.56. The van der Waals surface area contributed by atoms with Gasteiger partial charge in [0.05, 0.1) is 6.04 Å². The number of benzene rings is 1. The smallest absolute Gasteiger partial charge is 0.409 e. The van der Waals surface area contributed by atoms with Crippen molar-refractivity contribution in [3.05, 3.63) is 42.5 Å². The average molecular weight is 192 g/mol. The van der Waals surface area contributed by atoms with E-state index in [9.17, 15) is 4.79 Å². The number of carbonyl (C=O) groups is 1. The lowest BCUT2D eigenvalue weighted by Crippen LogP contribution is -2.18. The molecule has 1 unspecified atom stereocenters. The molecule has 0 radical (unpaired) electrons. The molecule has 0 bridgehead atoms. The number of hydrogen-bond donors (Lipinski definition) is 2. The molecule has 1 aromatic carbocycles. The van der Waals surface area contributed by atoms with E-state index in [4.69, 9.17) is 16.2 Å². The second-order valence-corrected chi connectivity index (χ2v) is 2.72. The number of primary amides is 1. The van der Waals surface area contributed by atoms with Crippen molar-refractivity contribution >= 4 is 6.09 Å². The number of para-hydroxylation sites is 1. The van der Waals surface area contributed by atoms with E-state index in [1.165, 1.54) is 0 Å². The minimum absolute atomic E-state index is 0.368. The highest BCUT2D eigenvalue weighted by Gasteiger charge is 2.09. The molecule has 0 aliphatic heterocycles. The summed E-state index contributed by atoms with van der Waals surface area (Å²) in [5.41, 5.74) is 11.3. The van der Waals surface area contributed by atoms with Crippen LogP contribution in [0.3, 0.4) is 0 Å². The van der Waals surface area contributed by atoms with E-state index in [2.05, 4.69) is 6.58 Å². The molecule has 1 aromatic rings. The van der Waals surface area contributed by atoms with Crippen LogP contribution in [0.4, 0.5) is 4.79 Å². The topological polar surface area (TPSA) is 78.3 Å². The predicted molar refractivity (Wildman–Crippen MR) is 53.8 cm³/mol. The van der Waals surface area contributed by atoms with Gasteiger partial charge < -0.3 is 16.2 Å².